The van der Waals surface area contributed by atoms with Crippen molar-refractivity contribution < 1.29 is 0 Å². The first-order valence-electron chi connectivity index (χ1n) is 4.80. The van der Waals surface area contributed by atoms with Gasteiger partial charge in [-0.15, -0.1) is 0 Å². The number of aromatic nitrogens is 1. The summed E-state index contributed by atoms with van der Waals surface area (Å²) in [5, 5.41) is 0. The van der Waals surface area contributed by atoms with E-state index in [1.807, 2.05) is 31.4 Å². The molecule has 1 aliphatic heterocycles. The number of allylic oxidation sites excluding steroid dienone is 1. The van der Waals surface area contributed by atoms with E-state index in [2.05, 4.69) is 20.4 Å². The van der Waals surface area contributed by atoms with Crippen LogP contribution in [0.4, 0.5) is 0 Å². The van der Waals surface area contributed by atoms with Crippen LogP contribution in [-0.2, 0) is 0 Å². The average Bonchev–Trinajstić information content (AvgIpc) is 2.30. The largest absolute Gasteiger partial charge is 0.295 e. The second-order valence-corrected chi connectivity index (χ2v) is 4.05. The van der Waals surface area contributed by atoms with Crippen LogP contribution in [0, 0.1) is 0 Å². The molecule has 1 aliphatic rings. The highest BCUT2D eigenvalue weighted by Crippen LogP contribution is 2.18. The lowest BCUT2D eigenvalue weighted by Crippen LogP contribution is -2.28. The van der Waals surface area contributed by atoms with Gasteiger partial charge < -0.3 is 0 Å². The number of hydrogen-bond acceptors (Lipinski definition) is 4. The predicted molar refractivity (Wildman–Crippen MR) is 64.8 cm³/mol. The van der Waals surface area contributed by atoms with Gasteiger partial charge >= 0.3 is 0 Å². The number of hydrogen-bond donors (Lipinski definition) is 0. The van der Waals surface area contributed by atoms with Crippen LogP contribution in [0.1, 0.15) is 12.6 Å². The molecule has 0 bridgehead atoms. The summed E-state index contributed by atoms with van der Waals surface area (Å²) < 4.78 is 2.13. The summed E-state index contributed by atoms with van der Waals surface area (Å²) in [6.45, 7) is 2.91. The van der Waals surface area contributed by atoms with Crippen molar-refractivity contribution in [1.29, 1.82) is 0 Å². The zero-order valence-electron chi connectivity index (χ0n) is 8.84. The third kappa shape index (κ3) is 2.21. The molecule has 2 rings (SSSR count). The van der Waals surface area contributed by atoms with Crippen molar-refractivity contribution in [3.05, 3.63) is 41.9 Å². The van der Waals surface area contributed by atoms with Gasteiger partial charge in [-0.05, 0) is 25.1 Å². The Hall–Kier alpha value is -1.29. The van der Waals surface area contributed by atoms with Crippen LogP contribution in [0.3, 0.4) is 0 Å². The Labute approximate surface area is 94.1 Å². The van der Waals surface area contributed by atoms with E-state index in [1.165, 1.54) is 0 Å². The minimum atomic E-state index is 0.891. The molecule has 0 spiro atoms. The van der Waals surface area contributed by atoms with Gasteiger partial charge in [-0.1, -0.05) is 18.0 Å². The van der Waals surface area contributed by atoms with Gasteiger partial charge in [0.2, 0.25) is 0 Å². The monoisotopic (exact) mass is 219 g/mol. The van der Waals surface area contributed by atoms with E-state index in [9.17, 15) is 0 Å². The molecule has 4 heteroatoms. The summed E-state index contributed by atoms with van der Waals surface area (Å²) in [5.74, 6) is 0.947. The van der Waals surface area contributed by atoms with Gasteiger partial charge in [-0.25, -0.2) is 4.99 Å². The van der Waals surface area contributed by atoms with Gasteiger partial charge in [-0.2, -0.15) is 0 Å². The molecule has 0 aromatic carbocycles. The van der Waals surface area contributed by atoms with Crippen LogP contribution in [0.25, 0.3) is 0 Å². The summed E-state index contributed by atoms with van der Waals surface area (Å²) in [7, 11) is 0. The van der Waals surface area contributed by atoms with E-state index in [0.717, 1.165) is 23.8 Å². The molecule has 1 aromatic heterocycles. The van der Waals surface area contributed by atoms with Gasteiger partial charge in [0, 0.05) is 18.1 Å². The van der Waals surface area contributed by atoms with Crippen molar-refractivity contribution in [3.8, 4) is 0 Å². The van der Waals surface area contributed by atoms with Crippen LogP contribution in [0.5, 0.6) is 0 Å². The quantitative estimate of drug-likeness (QED) is 0.715. The fraction of sp³-hybridized carbons (Fsp3) is 0.273. The maximum Gasteiger partial charge on any atom is 0.165 e. The van der Waals surface area contributed by atoms with E-state index in [1.54, 1.807) is 18.1 Å². The Morgan fingerprint density at radius 3 is 2.93 bits per heavy atom. The standard InChI is InChI=1S/C11H13N3S/c1-9-6-8-14(15-2)11(13-9)10-5-3-4-7-12-10/h3-7H,8H2,1-2H3. The molecule has 2 heterocycles. The van der Waals surface area contributed by atoms with Crippen molar-refractivity contribution in [2.75, 3.05) is 12.8 Å². The molecule has 0 fully saturated rings. The first kappa shape index (κ1) is 10.2. The number of amidine groups is 1. The summed E-state index contributed by atoms with van der Waals surface area (Å²) in [6, 6.07) is 5.89. The summed E-state index contributed by atoms with van der Waals surface area (Å²) >= 11 is 1.67. The first-order valence-corrected chi connectivity index (χ1v) is 5.98. The predicted octanol–water partition coefficient (Wildman–Crippen LogP) is 2.33. The summed E-state index contributed by atoms with van der Waals surface area (Å²) in [6.07, 6.45) is 5.96. The lowest BCUT2D eigenvalue weighted by Gasteiger charge is -2.24. The highest BCUT2D eigenvalue weighted by atomic mass is 32.2. The summed E-state index contributed by atoms with van der Waals surface area (Å²) in [5.41, 5.74) is 1.99. The van der Waals surface area contributed by atoms with Crippen molar-refractivity contribution in [1.82, 2.24) is 9.29 Å². The Morgan fingerprint density at radius 2 is 2.27 bits per heavy atom. The summed E-state index contributed by atoms with van der Waals surface area (Å²) in [4.78, 5) is 8.85. The highest BCUT2D eigenvalue weighted by Gasteiger charge is 2.16. The number of nitrogens with zero attached hydrogens (tertiary/aromatic N) is 3. The van der Waals surface area contributed by atoms with Gasteiger partial charge in [-0.3, -0.25) is 9.29 Å². The average molecular weight is 219 g/mol. The third-order valence-corrected chi connectivity index (χ3v) is 2.95. The normalized spacial score (nSPS) is 16.0. The number of pyridine rings is 1. The zero-order valence-corrected chi connectivity index (χ0v) is 9.66. The van der Waals surface area contributed by atoms with Crippen LogP contribution in [0.15, 0.2) is 41.2 Å². The maximum atomic E-state index is 4.53. The highest BCUT2D eigenvalue weighted by molar-refractivity contribution is 7.96. The smallest absolute Gasteiger partial charge is 0.165 e. The van der Waals surface area contributed by atoms with E-state index >= 15 is 0 Å². The Bertz CT molecular complexity index is 398. The lowest BCUT2D eigenvalue weighted by molar-refractivity contribution is 0.735. The van der Waals surface area contributed by atoms with Crippen molar-refractivity contribution in [2.24, 2.45) is 4.99 Å². The topological polar surface area (TPSA) is 28.5 Å². The molecule has 78 valence electrons. The van der Waals surface area contributed by atoms with Crippen molar-refractivity contribution in [2.45, 2.75) is 6.92 Å². The fourth-order valence-electron chi connectivity index (χ4n) is 1.41. The third-order valence-electron chi connectivity index (χ3n) is 2.19. The van der Waals surface area contributed by atoms with Gasteiger partial charge in [0.1, 0.15) is 5.69 Å². The van der Waals surface area contributed by atoms with Crippen molar-refractivity contribution in [3.63, 3.8) is 0 Å². The van der Waals surface area contributed by atoms with E-state index in [4.69, 9.17) is 0 Å². The lowest BCUT2D eigenvalue weighted by atomic mass is 10.3. The number of aliphatic imine (C=N–C) groups is 1. The van der Waals surface area contributed by atoms with Gasteiger partial charge in [0.05, 0.1) is 6.54 Å². The molecule has 0 N–H and O–H groups in total. The molecule has 0 amide bonds. The molecular weight excluding hydrogens is 206 g/mol. The molecule has 0 atom stereocenters. The van der Waals surface area contributed by atoms with Crippen LogP contribution >= 0.6 is 11.9 Å². The zero-order chi connectivity index (χ0) is 10.7. The van der Waals surface area contributed by atoms with Crippen LogP contribution in [0.2, 0.25) is 0 Å². The fourth-order valence-corrected chi connectivity index (χ4v) is 1.94. The minimum absolute atomic E-state index is 0.891. The first-order chi connectivity index (χ1) is 7.31. The van der Waals surface area contributed by atoms with Crippen LogP contribution in [-0.4, -0.2) is 27.9 Å². The van der Waals surface area contributed by atoms with Gasteiger partial charge in [0.15, 0.2) is 5.84 Å². The number of rotatable bonds is 2. The molecule has 0 aliphatic carbocycles. The minimum Gasteiger partial charge on any atom is -0.295 e. The second-order valence-electron chi connectivity index (χ2n) is 3.24. The molecule has 0 radical (unpaired) electrons. The molecule has 0 saturated heterocycles. The SMILES string of the molecule is CSN1CC=C(C)N=C1c1ccccn1. The van der Waals surface area contributed by atoms with E-state index in [-0.39, 0.29) is 0 Å². The molecular formula is C11H13N3S. The Morgan fingerprint density at radius 1 is 1.40 bits per heavy atom. The van der Waals surface area contributed by atoms with E-state index < -0.39 is 0 Å². The molecule has 0 saturated carbocycles. The Balaban J connectivity index is 2.37. The van der Waals surface area contributed by atoms with Gasteiger partial charge in [0.25, 0.3) is 0 Å². The molecule has 1 aromatic rings. The van der Waals surface area contributed by atoms with Crippen molar-refractivity contribution >= 4 is 17.8 Å². The van der Waals surface area contributed by atoms with Crippen LogP contribution < -0.4 is 0 Å². The Kier molecular flexibility index (Phi) is 3.06. The molecule has 15 heavy (non-hydrogen) atoms. The van der Waals surface area contributed by atoms with E-state index in [0.29, 0.717) is 0 Å². The molecule has 3 nitrogen and oxygen atoms in total. The molecule has 0 unspecified atom stereocenters. The second kappa shape index (κ2) is 4.49. The maximum absolute atomic E-state index is 4.53.